The minimum atomic E-state index is -0.394. The summed E-state index contributed by atoms with van der Waals surface area (Å²) in [5.74, 6) is -0.456. The average Bonchev–Trinajstić information content (AvgIpc) is 2.93. The lowest BCUT2D eigenvalue weighted by Gasteiger charge is -2.05. The second kappa shape index (κ2) is 6.98. The van der Waals surface area contributed by atoms with Gasteiger partial charge in [0, 0.05) is 22.6 Å². The van der Waals surface area contributed by atoms with Crippen molar-refractivity contribution in [2.45, 2.75) is 19.8 Å². The third-order valence-corrected chi connectivity index (χ3v) is 4.56. The Bertz CT molecular complexity index is 722. The van der Waals surface area contributed by atoms with E-state index < -0.39 is 5.97 Å². The number of ketones is 1. The number of methoxy groups -OCH3 is 1. The smallest absolute Gasteiger partial charge is 0.306 e. The number of phenolic OH excluding ortho intramolecular Hbond substituents is 1. The van der Waals surface area contributed by atoms with Gasteiger partial charge in [0.15, 0.2) is 17.3 Å². The lowest BCUT2D eigenvalue weighted by atomic mass is 10.1. The van der Waals surface area contributed by atoms with Crippen LogP contribution >= 0.6 is 22.9 Å². The van der Waals surface area contributed by atoms with E-state index in [4.69, 9.17) is 21.1 Å². The van der Waals surface area contributed by atoms with Crippen molar-refractivity contribution in [1.29, 1.82) is 0 Å². The van der Waals surface area contributed by atoms with Crippen LogP contribution in [0, 0.1) is 0 Å². The van der Waals surface area contributed by atoms with Gasteiger partial charge in [-0.1, -0.05) is 11.6 Å². The molecule has 0 unspecified atom stereocenters. The van der Waals surface area contributed by atoms with E-state index in [9.17, 15) is 14.7 Å². The third-order valence-electron chi connectivity index (χ3n) is 3.06. The molecule has 0 atom stereocenters. The van der Waals surface area contributed by atoms with Crippen molar-refractivity contribution < 1.29 is 24.2 Å². The Labute approximate surface area is 136 Å². The molecule has 2 aromatic rings. The van der Waals surface area contributed by atoms with Crippen LogP contribution in [0.1, 0.15) is 29.4 Å². The highest BCUT2D eigenvalue weighted by Crippen LogP contribution is 2.43. The van der Waals surface area contributed by atoms with Gasteiger partial charge in [-0.2, -0.15) is 0 Å². The molecule has 7 heteroatoms. The lowest BCUT2D eigenvalue weighted by molar-refractivity contribution is -0.143. The topological polar surface area (TPSA) is 72.8 Å². The van der Waals surface area contributed by atoms with Gasteiger partial charge < -0.3 is 14.6 Å². The Balaban J connectivity index is 2.24. The SMILES string of the molecule is CCOC(=O)CCC(=O)c1cc2c(Cl)c(O)c(OC)cc2s1. The molecule has 118 valence electrons. The summed E-state index contributed by atoms with van der Waals surface area (Å²) in [6.45, 7) is 2.01. The number of aromatic hydroxyl groups is 1. The number of ether oxygens (including phenoxy) is 2. The molecule has 0 saturated heterocycles. The van der Waals surface area contributed by atoms with E-state index in [1.165, 1.54) is 18.4 Å². The number of esters is 1. The molecule has 22 heavy (non-hydrogen) atoms. The van der Waals surface area contributed by atoms with E-state index in [2.05, 4.69) is 0 Å². The standard InChI is InChI=1S/C15H15ClO5S/c1-3-21-13(18)5-4-9(17)12-6-8-11(22-12)7-10(20-2)15(19)14(8)16/h6-7,19H,3-5H2,1-2H3. The van der Waals surface area contributed by atoms with Crippen molar-refractivity contribution in [1.82, 2.24) is 0 Å². The molecule has 0 bridgehead atoms. The zero-order valence-electron chi connectivity index (χ0n) is 12.1. The fourth-order valence-electron chi connectivity index (χ4n) is 1.97. The lowest BCUT2D eigenvalue weighted by Crippen LogP contribution is -2.07. The maximum absolute atomic E-state index is 12.1. The number of thiophene rings is 1. The highest BCUT2D eigenvalue weighted by molar-refractivity contribution is 7.21. The molecule has 0 saturated carbocycles. The normalized spacial score (nSPS) is 10.7. The fraction of sp³-hybridized carbons (Fsp3) is 0.333. The molecule has 0 aliphatic rings. The molecular weight excluding hydrogens is 328 g/mol. The molecule has 0 spiro atoms. The molecule has 1 aromatic carbocycles. The highest BCUT2D eigenvalue weighted by atomic mass is 35.5. The van der Waals surface area contributed by atoms with Crippen molar-refractivity contribution in [3.05, 3.63) is 22.0 Å². The van der Waals surface area contributed by atoms with Crippen molar-refractivity contribution in [3.8, 4) is 11.5 Å². The zero-order valence-corrected chi connectivity index (χ0v) is 13.7. The summed E-state index contributed by atoms with van der Waals surface area (Å²) in [4.78, 5) is 23.9. The Morgan fingerprint density at radius 1 is 1.32 bits per heavy atom. The quantitative estimate of drug-likeness (QED) is 0.638. The second-order valence-corrected chi connectivity index (χ2v) is 5.95. The van der Waals surface area contributed by atoms with Crippen molar-refractivity contribution >= 4 is 44.8 Å². The summed E-state index contributed by atoms with van der Waals surface area (Å²) in [6.07, 6.45) is 0.121. The molecule has 0 aliphatic carbocycles. The number of fused-ring (bicyclic) bond motifs is 1. The fourth-order valence-corrected chi connectivity index (χ4v) is 3.34. The predicted octanol–water partition coefficient (Wildman–Crippen LogP) is 3.79. The number of rotatable bonds is 6. The van der Waals surface area contributed by atoms with Crippen LogP contribution in [0.5, 0.6) is 11.5 Å². The predicted molar refractivity (Wildman–Crippen MR) is 85.2 cm³/mol. The van der Waals surface area contributed by atoms with E-state index >= 15 is 0 Å². The van der Waals surface area contributed by atoms with Crippen LogP contribution in [0.25, 0.3) is 10.1 Å². The number of Topliss-reactive ketones (excluding diaryl/α,β-unsaturated/α-hetero) is 1. The second-order valence-electron chi connectivity index (χ2n) is 4.49. The van der Waals surface area contributed by atoms with Gasteiger partial charge in [-0.25, -0.2) is 0 Å². The largest absolute Gasteiger partial charge is 0.503 e. The summed E-state index contributed by atoms with van der Waals surface area (Å²) in [5.41, 5.74) is 0. The summed E-state index contributed by atoms with van der Waals surface area (Å²) in [6, 6.07) is 3.25. The molecule has 0 amide bonds. The minimum absolute atomic E-state index is 0.0449. The third kappa shape index (κ3) is 3.34. The Morgan fingerprint density at radius 2 is 2.05 bits per heavy atom. The van der Waals surface area contributed by atoms with Gasteiger partial charge in [-0.05, 0) is 13.0 Å². The number of halogens is 1. The van der Waals surface area contributed by atoms with E-state index in [1.807, 2.05) is 0 Å². The van der Waals surface area contributed by atoms with E-state index in [0.717, 1.165) is 4.70 Å². The Hall–Kier alpha value is -1.79. The van der Waals surface area contributed by atoms with Gasteiger partial charge in [0.1, 0.15) is 0 Å². The first-order chi connectivity index (χ1) is 10.5. The number of phenols is 1. The summed E-state index contributed by atoms with van der Waals surface area (Å²) >= 11 is 7.33. The molecule has 5 nitrogen and oxygen atoms in total. The van der Waals surface area contributed by atoms with Gasteiger partial charge in [0.05, 0.1) is 30.0 Å². The number of carbonyl (C=O) groups excluding carboxylic acids is 2. The summed E-state index contributed by atoms with van der Waals surface area (Å²) in [5, 5.41) is 10.6. The highest BCUT2D eigenvalue weighted by Gasteiger charge is 2.18. The molecule has 1 heterocycles. The van der Waals surface area contributed by atoms with E-state index in [0.29, 0.717) is 16.9 Å². The van der Waals surface area contributed by atoms with Crippen molar-refractivity contribution in [2.24, 2.45) is 0 Å². The molecule has 0 fully saturated rings. The van der Waals surface area contributed by atoms with Gasteiger partial charge in [-0.15, -0.1) is 11.3 Å². The summed E-state index contributed by atoms with van der Waals surface area (Å²) in [7, 11) is 1.43. The molecule has 0 radical (unpaired) electrons. The van der Waals surface area contributed by atoms with Crippen LogP contribution in [0.4, 0.5) is 0 Å². The monoisotopic (exact) mass is 342 g/mol. The molecule has 2 rings (SSSR count). The zero-order chi connectivity index (χ0) is 16.3. The van der Waals surface area contributed by atoms with Crippen LogP contribution in [0.3, 0.4) is 0 Å². The minimum Gasteiger partial charge on any atom is -0.503 e. The first-order valence-electron chi connectivity index (χ1n) is 6.65. The first kappa shape index (κ1) is 16.6. The van der Waals surface area contributed by atoms with Crippen LogP contribution in [0.2, 0.25) is 5.02 Å². The van der Waals surface area contributed by atoms with Gasteiger partial charge in [0.25, 0.3) is 0 Å². The first-order valence-corrected chi connectivity index (χ1v) is 7.85. The van der Waals surface area contributed by atoms with Gasteiger partial charge in [0.2, 0.25) is 0 Å². The molecule has 0 aliphatic heterocycles. The Morgan fingerprint density at radius 3 is 2.68 bits per heavy atom. The van der Waals surface area contributed by atoms with Crippen LogP contribution in [-0.4, -0.2) is 30.6 Å². The number of carbonyl (C=O) groups is 2. The molecular formula is C15H15ClO5S. The van der Waals surface area contributed by atoms with Crippen LogP contribution in [0.15, 0.2) is 12.1 Å². The van der Waals surface area contributed by atoms with Crippen molar-refractivity contribution in [3.63, 3.8) is 0 Å². The van der Waals surface area contributed by atoms with E-state index in [-0.39, 0.29) is 35.1 Å². The van der Waals surface area contributed by atoms with Crippen molar-refractivity contribution in [2.75, 3.05) is 13.7 Å². The van der Waals surface area contributed by atoms with Gasteiger partial charge >= 0.3 is 5.97 Å². The number of hydrogen-bond acceptors (Lipinski definition) is 6. The number of hydrogen-bond donors (Lipinski definition) is 1. The maximum Gasteiger partial charge on any atom is 0.306 e. The van der Waals surface area contributed by atoms with Crippen LogP contribution in [-0.2, 0) is 9.53 Å². The number of benzene rings is 1. The average molecular weight is 343 g/mol. The molecule has 1 N–H and O–H groups in total. The maximum atomic E-state index is 12.1. The van der Waals surface area contributed by atoms with E-state index in [1.54, 1.807) is 19.1 Å². The Kier molecular flexibility index (Phi) is 5.26. The summed E-state index contributed by atoms with van der Waals surface area (Å²) < 4.78 is 10.6. The van der Waals surface area contributed by atoms with Crippen LogP contribution < -0.4 is 4.74 Å². The molecule has 1 aromatic heterocycles. The van der Waals surface area contributed by atoms with Gasteiger partial charge in [-0.3, -0.25) is 9.59 Å².